The minimum absolute atomic E-state index is 0.190. The van der Waals surface area contributed by atoms with Gasteiger partial charge in [0.05, 0.1) is 11.1 Å². The summed E-state index contributed by atoms with van der Waals surface area (Å²) in [6.07, 6.45) is -1.23. The van der Waals surface area contributed by atoms with Crippen LogP contribution in [-0.4, -0.2) is 20.2 Å². The minimum Gasteiger partial charge on any atom is -0.354 e. The van der Waals surface area contributed by atoms with E-state index in [9.17, 15) is 17.6 Å². The van der Waals surface area contributed by atoms with Gasteiger partial charge in [-0.3, -0.25) is 0 Å². The van der Waals surface area contributed by atoms with Crippen molar-refractivity contribution in [2.24, 2.45) is 0 Å². The van der Waals surface area contributed by atoms with Gasteiger partial charge in [-0.2, -0.15) is 13.2 Å². The van der Waals surface area contributed by atoms with Crippen LogP contribution in [0.2, 0.25) is 0 Å². The van der Waals surface area contributed by atoms with Gasteiger partial charge in [0.25, 0.3) is 0 Å². The van der Waals surface area contributed by atoms with Crippen molar-refractivity contribution in [3.8, 4) is 22.6 Å². The van der Waals surface area contributed by atoms with Crippen LogP contribution >= 0.6 is 0 Å². The van der Waals surface area contributed by atoms with Gasteiger partial charge < -0.3 is 9.51 Å². The van der Waals surface area contributed by atoms with E-state index < -0.39 is 17.6 Å². The lowest BCUT2D eigenvalue weighted by Crippen LogP contribution is -2.37. The Morgan fingerprint density at radius 3 is 2.69 bits per heavy atom. The first-order valence-corrected chi connectivity index (χ1v) is 9.50. The highest BCUT2D eigenvalue weighted by Crippen LogP contribution is 2.32. The van der Waals surface area contributed by atoms with Gasteiger partial charge in [0.1, 0.15) is 34.6 Å². The molecule has 0 aliphatic carbocycles. The van der Waals surface area contributed by atoms with E-state index in [4.69, 9.17) is 4.52 Å². The molecule has 0 bridgehead atoms. The molecule has 32 heavy (non-hydrogen) atoms. The van der Waals surface area contributed by atoms with Gasteiger partial charge >= 0.3 is 6.18 Å². The molecule has 0 aliphatic rings. The smallest absolute Gasteiger partial charge is 0.354 e. The van der Waals surface area contributed by atoms with Gasteiger partial charge in [-0.15, -0.1) is 0 Å². The fourth-order valence-electron chi connectivity index (χ4n) is 3.31. The predicted molar refractivity (Wildman–Crippen MR) is 106 cm³/mol. The Bertz CT molecular complexity index is 1420. The minimum atomic E-state index is -4.44. The number of rotatable bonds is 4. The van der Waals surface area contributed by atoms with Gasteiger partial charge in [0, 0.05) is 11.6 Å². The van der Waals surface area contributed by atoms with E-state index >= 15 is 0 Å². The Hall–Kier alpha value is -4.08. The molecule has 1 N–H and O–H groups in total. The number of halogens is 4. The van der Waals surface area contributed by atoms with Crippen molar-refractivity contribution in [3.05, 3.63) is 84.1 Å². The number of hydrogen-bond acceptors (Lipinski definition) is 4. The number of imidazole rings is 1. The van der Waals surface area contributed by atoms with E-state index in [0.717, 1.165) is 12.1 Å². The molecule has 0 unspecified atom stereocenters. The van der Waals surface area contributed by atoms with Crippen molar-refractivity contribution in [1.29, 1.82) is 0 Å². The summed E-state index contributed by atoms with van der Waals surface area (Å²) in [5, 5.41) is 8.14. The van der Waals surface area contributed by atoms with Crippen LogP contribution in [-0.2, 0) is 12.7 Å². The average Bonchev–Trinajstić information content (AvgIpc) is 3.40. The first-order chi connectivity index (χ1) is 15.4. The third kappa shape index (κ3) is 3.82. The van der Waals surface area contributed by atoms with Crippen LogP contribution in [0.4, 0.5) is 17.6 Å². The molecule has 0 aliphatic heterocycles. The van der Waals surface area contributed by atoms with E-state index in [1.54, 1.807) is 35.1 Å². The molecule has 5 aromatic rings. The van der Waals surface area contributed by atoms with Crippen molar-refractivity contribution >= 4 is 11.0 Å². The molecular formula is C22H14F4N5O+. The van der Waals surface area contributed by atoms with Crippen molar-refractivity contribution in [3.63, 3.8) is 0 Å². The monoisotopic (exact) mass is 440 g/mol. The Kier molecular flexibility index (Phi) is 4.69. The summed E-state index contributed by atoms with van der Waals surface area (Å²) in [5.74, 6) is 0.392. The van der Waals surface area contributed by atoms with Crippen molar-refractivity contribution < 1.29 is 26.8 Å². The standard InChI is InChI=1S/C22H13F4N5O/c23-17-7-2-1-6-16(17)21-28-19-10-27-31(12-20(19)29-21)11-15-9-18(30-32-15)13-4-3-5-14(8-13)22(24,25)26/h1-10,12H,11H2/p+1. The molecule has 0 fully saturated rings. The normalized spacial score (nSPS) is 11.9. The van der Waals surface area contributed by atoms with E-state index in [1.165, 1.54) is 24.4 Å². The zero-order chi connectivity index (χ0) is 22.3. The van der Waals surface area contributed by atoms with E-state index in [2.05, 4.69) is 20.2 Å². The molecule has 5 rings (SSSR count). The molecule has 6 nitrogen and oxygen atoms in total. The summed E-state index contributed by atoms with van der Waals surface area (Å²) in [6, 6.07) is 12.7. The van der Waals surface area contributed by atoms with E-state index in [0.29, 0.717) is 33.7 Å². The Labute approximate surface area is 178 Å². The fraction of sp³-hybridized carbons (Fsp3) is 0.0909. The van der Waals surface area contributed by atoms with Crippen LogP contribution < -0.4 is 4.68 Å². The summed E-state index contributed by atoms with van der Waals surface area (Å²) >= 11 is 0. The van der Waals surface area contributed by atoms with Crippen molar-refractivity contribution in [2.75, 3.05) is 0 Å². The number of hydrogen-bond donors (Lipinski definition) is 1. The molecule has 160 valence electrons. The van der Waals surface area contributed by atoms with Gasteiger partial charge in [-0.1, -0.05) is 34.1 Å². The van der Waals surface area contributed by atoms with Crippen LogP contribution in [0, 0.1) is 5.82 Å². The van der Waals surface area contributed by atoms with Crippen LogP contribution in [0.25, 0.3) is 33.7 Å². The second-order valence-corrected chi connectivity index (χ2v) is 7.09. The summed E-state index contributed by atoms with van der Waals surface area (Å²) in [7, 11) is 0. The van der Waals surface area contributed by atoms with Crippen LogP contribution in [0.5, 0.6) is 0 Å². The third-order valence-corrected chi connectivity index (χ3v) is 4.86. The molecule has 0 saturated carbocycles. The zero-order valence-corrected chi connectivity index (χ0v) is 16.3. The van der Waals surface area contributed by atoms with E-state index in [1.807, 2.05) is 0 Å². The van der Waals surface area contributed by atoms with E-state index in [-0.39, 0.29) is 12.2 Å². The van der Waals surface area contributed by atoms with Crippen molar-refractivity contribution in [1.82, 2.24) is 20.2 Å². The maximum Gasteiger partial charge on any atom is 0.416 e. The number of aromatic amines is 1. The molecule has 0 spiro atoms. The second kappa shape index (κ2) is 7.56. The largest absolute Gasteiger partial charge is 0.416 e. The number of nitrogens with one attached hydrogen (secondary N) is 1. The highest BCUT2D eigenvalue weighted by Gasteiger charge is 2.30. The van der Waals surface area contributed by atoms with Gasteiger partial charge in [-0.05, 0) is 29.4 Å². The van der Waals surface area contributed by atoms with Gasteiger partial charge in [0.2, 0.25) is 18.5 Å². The topological polar surface area (TPSA) is 71.5 Å². The predicted octanol–water partition coefficient (Wildman–Crippen LogP) is 4.77. The van der Waals surface area contributed by atoms with Crippen LogP contribution in [0.1, 0.15) is 11.3 Å². The Morgan fingerprint density at radius 2 is 1.88 bits per heavy atom. The maximum absolute atomic E-state index is 14.0. The zero-order valence-electron chi connectivity index (χ0n) is 16.3. The highest BCUT2D eigenvalue weighted by atomic mass is 19.4. The number of aromatic nitrogens is 5. The Morgan fingerprint density at radius 1 is 1.03 bits per heavy atom. The molecule has 0 atom stereocenters. The third-order valence-electron chi connectivity index (χ3n) is 4.86. The van der Waals surface area contributed by atoms with Gasteiger partial charge in [-0.25, -0.2) is 9.37 Å². The van der Waals surface area contributed by atoms with Crippen LogP contribution in [0.15, 0.2) is 71.5 Å². The first kappa shape index (κ1) is 19.9. The molecular weight excluding hydrogens is 426 g/mol. The molecule has 3 aromatic heterocycles. The molecule has 0 saturated heterocycles. The molecule has 0 amide bonds. The number of alkyl halides is 3. The fourth-order valence-corrected chi connectivity index (χ4v) is 3.31. The Balaban J connectivity index is 1.40. The quantitative estimate of drug-likeness (QED) is 0.323. The highest BCUT2D eigenvalue weighted by molar-refractivity contribution is 5.77. The van der Waals surface area contributed by atoms with Crippen molar-refractivity contribution in [2.45, 2.75) is 12.7 Å². The lowest BCUT2D eigenvalue weighted by molar-refractivity contribution is -0.746. The number of fused-ring (bicyclic) bond motifs is 1. The molecule has 2 aromatic carbocycles. The lowest BCUT2D eigenvalue weighted by atomic mass is 10.1. The summed E-state index contributed by atoms with van der Waals surface area (Å²) in [5.41, 5.74) is 1.36. The molecule has 3 heterocycles. The average molecular weight is 440 g/mol. The molecule has 10 heteroatoms. The molecule has 0 radical (unpaired) electrons. The summed E-state index contributed by atoms with van der Waals surface area (Å²) in [6.45, 7) is 0.190. The first-order valence-electron chi connectivity index (χ1n) is 9.50. The second-order valence-electron chi connectivity index (χ2n) is 7.09. The van der Waals surface area contributed by atoms with Gasteiger partial charge in [0.15, 0.2) is 0 Å². The maximum atomic E-state index is 14.0. The van der Waals surface area contributed by atoms with Crippen LogP contribution in [0.3, 0.4) is 0 Å². The number of benzene rings is 2. The number of nitrogens with zero attached hydrogens (tertiary/aromatic N) is 4. The summed E-state index contributed by atoms with van der Waals surface area (Å²) in [4.78, 5) is 7.43. The summed E-state index contributed by atoms with van der Waals surface area (Å²) < 4.78 is 59.7. The number of H-pyrrole nitrogens is 1. The SMILES string of the molecule is Fc1ccccc1-c1nc2cn[n+](Cc3cc(-c4cccc(C(F)(F)F)c4)no3)cc2[nH]1. The lowest BCUT2D eigenvalue weighted by Gasteiger charge is -2.06.